The lowest BCUT2D eigenvalue weighted by Crippen LogP contribution is -2.32. The Morgan fingerprint density at radius 3 is 1.80 bits per heavy atom. The van der Waals surface area contributed by atoms with Crippen molar-refractivity contribution in [3.63, 3.8) is 0 Å². The smallest absolute Gasteiger partial charge is 0.302 e. The molecule has 0 amide bonds. The minimum absolute atomic E-state index is 0.112. The second-order valence-corrected chi connectivity index (χ2v) is 3.13. The Morgan fingerprint density at radius 1 is 1.07 bits per heavy atom. The molecule has 1 rings (SSSR count). The summed E-state index contributed by atoms with van der Waals surface area (Å²) in [5, 5.41) is 0. The predicted molar refractivity (Wildman–Crippen MR) is 47.9 cm³/mol. The summed E-state index contributed by atoms with van der Waals surface area (Å²) in [6, 6.07) is 0. The first-order valence-corrected chi connectivity index (χ1v) is 4.59. The molecule has 15 heavy (non-hydrogen) atoms. The first kappa shape index (κ1) is 11.9. The molecule has 2 atom stereocenters. The summed E-state index contributed by atoms with van der Waals surface area (Å²) in [5.41, 5.74) is 0. The van der Waals surface area contributed by atoms with E-state index in [1.54, 1.807) is 0 Å². The van der Waals surface area contributed by atoms with Gasteiger partial charge in [0, 0.05) is 13.8 Å². The summed E-state index contributed by atoms with van der Waals surface area (Å²) in [5.74, 6) is -0.756. The first-order chi connectivity index (χ1) is 7.09. The van der Waals surface area contributed by atoms with Crippen LogP contribution in [0, 0.1) is 0 Å². The van der Waals surface area contributed by atoms with Gasteiger partial charge in [0.1, 0.15) is 32.2 Å². The van der Waals surface area contributed by atoms with E-state index in [1.807, 2.05) is 0 Å². The van der Waals surface area contributed by atoms with Gasteiger partial charge in [0.25, 0.3) is 0 Å². The fourth-order valence-corrected chi connectivity index (χ4v) is 1.14. The van der Waals surface area contributed by atoms with E-state index in [9.17, 15) is 9.59 Å². The average Bonchev–Trinajstić information content (AvgIpc) is 2.58. The van der Waals surface area contributed by atoms with Gasteiger partial charge >= 0.3 is 11.9 Å². The van der Waals surface area contributed by atoms with Gasteiger partial charge in [-0.25, -0.2) is 0 Å². The second kappa shape index (κ2) is 5.67. The predicted octanol–water partition coefficient (Wildman–Crippen LogP) is -0.146. The third kappa shape index (κ3) is 4.26. The summed E-state index contributed by atoms with van der Waals surface area (Å²) in [4.78, 5) is 21.1. The summed E-state index contributed by atoms with van der Waals surface area (Å²) < 4.78 is 19.9. The molecule has 0 unspecified atom stereocenters. The van der Waals surface area contributed by atoms with Crippen molar-refractivity contribution in [1.82, 2.24) is 0 Å². The maximum Gasteiger partial charge on any atom is 0.302 e. The molecular formula is C9H14O6. The zero-order chi connectivity index (χ0) is 11.3. The van der Waals surface area contributed by atoms with Gasteiger partial charge in [-0.3, -0.25) is 9.59 Å². The van der Waals surface area contributed by atoms with Crippen LogP contribution < -0.4 is 0 Å². The monoisotopic (exact) mass is 218 g/mol. The summed E-state index contributed by atoms with van der Waals surface area (Å²) in [6.07, 6.45) is -0.735. The third-order valence-electron chi connectivity index (χ3n) is 1.88. The van der Waals surface area contributed by atoms with Gasteiger partial charge in [-0.1, -0.05) is 0 Å². The van der Waals surface area contributed by atoms with Gasteiger partial charge in [0.2, 0.25) is 0 Å². The summed E-state index contributed by atoms with van der Waals surface area (Å²) in [7, 11) is 0. The van der Waals surface area contributed by atoms with Crippen molar-refractivity contribution in [3.8, 4) is 0 Å². The van der Waals surface area contributed by atoms with Crippen molar-refractivity contribution in [2.75, 3.05) is 20.0 Å². The normalized spacial score (nSPS) is 24.9. The standard InChI is InChI=1S/C9H14O6/c1-6(10)12-3-8-9(15-5-14-8)4-13-7(2)11/h8-9H,3-5H2,1-2H3/t8-,9-/m1/s1. The molecule has 86 valence electrons. The van der Waals surface area contributed by atoms with Crippen LogP contribution in [0.15, 0.2) is 0 Å². The van der Waals surface area contributed by atoms with Crippen LogP contribution in [0.1, 0.15) is 13.8 Å². The Morgan fingerprint density at radius 2 is 1.47 bits per heavy atom. The van der Waals surface area contributed by atoms with E-state index in [-0.39, 0.29) is 44.2 Å². The Kier molecular flexibility index (Phi) is 4.51. The van der Waals surface area contributed by atoms with Crippen LogP contribution in [0.25, 0.3) is 0 Å². The van der Waals surface area contributed by atoms with Crippen LogP contribution in [-0.2, 0) is 28.5 Å². The highest BCUT2D eigenvalue weighted by molar-refractivity contribution is 5.66. The Balaban J connectivity index is 2.29. The van der Waals surface area contributed by atoms with Crippen molar-refractivity contribution >= 4 is 11.9 Å². The zero-order valence-electron chi connectivity index (χ0n) is 8.73. The molecule has 1 fully saturated rings. The van der Waals surface area contributed by atoms with Crippen LogP contribution in [0.4, 0.5) is 0 Å². The molecule has 0 aromatic rings. The maximum atomic E-state index is 10.6. The first-order valence-electron chi connectivity index (χ1n) is 4.59. The Hall–Kier alpha value is -1.14. The molecule has 1 saturated heterocycles. The zero-order valence-corrected chi connectivity index (χ0v) is 8.73. The highest BCUT2D eigenvalue weighted by Gasteiger charge is 2.31. The quantitative estimate of drug-likeness (QED) is 0.611. The number of carbonyl (C=O) groups excluding carboxylic acids is 2. The van der Waals surface area contributed by atoms with Gasteiger partial charge in [0.15, 0.2) is 0 Å². The van der Waals surface area contributed by atoms with Crippen LogP contribution in [0.3, 0.4) is 0 Å². The van der Waals surface area contributed by atoms with Crippen LogP contribution >= 0.6 is 0 Å². The van der Waals surface area contributed by atoms with E-state index < -0.39 is 0 Å². The van der Waals surface area contributed by atoms with Gasteiger partial charge < -0.3 is 18.9 Å². The number of esters is 2. The SMILES string of the molecule is CC(=O)OC[C@H]1OCO[C@@H]1COC(C)=O. The van der Waals surface area contributed by atoms with E-state index in [2.05, 4.69) is 0 Å². The molecule has 0 bridgehead atoms. The molecule has 0 saturated carbocycles. The molecule has 0 spiro atoms. The molecule has 6 nitrogen and oxygen atoms in total. The Labute approximate surface area is 87.4 Å². The van der Waals surface area contributed by atoms with Crippen molar-refractivity contribution in [3.05, 3.63) is 0 Å². The van der Waals surface area contributed by atoms with Crippen molar-refractivity contribution in [1.29, 1.82) is 0 Å². The molecule has 6 heteroatoms. The molecule has 0 N–H and O–H groups in total. The fourth-order valence-electron chi connectivity index (χ4n) is 1.14. The molecular weight excluding hydrogens is 204 g/mol. The molecule has 1 aliphatic rings. The van der Waals surface area contributed by atoms with Gasteiger partial charge in [-0.15, -0.1) is 0 Å². The summed E-state index contributed by atoms with van der Waals surface area (Å²) in [6.45, 7) is 2.98. The largest absolute Gasteiger partial charge is 0.463 e. The maximum absolute atomic E-state index is 10.6. The van der Waals surface area contributed by atoms with E-state index in [4.69, 9.17) is 18.9 Å². The molecule has 1 aliphatic heterocycles. The number of hydrogen-bond donors (Lipinski definition) is 0. The number of ether oxygens (including phenoxy) is 4. The minimum atomic E-state index is -0.378. The highest BCUT2D eigenvalue weighted by atomic mass is 16.7. The molecule has 0 aromatic heterocycles. The van der Waals surface area contributed by atoms with E-state index in [1.165, 1.54) is 13.8 Å². The van der Waals surface area contributed by atoms with E-state index in [0.29, 0.717) is 0 Å². The van der Waals surface area contributed by atoms with E-state index in [0.717, 1.165) is 0 Å². The number of hydrogen-bond acceptors (Lipinski definition) is 6. The molecule has 0 aromatic carbocycles. The van der Waals surface area contributed by atoms with Gasteiger partial charge in [-0.2, -0.15) is 0 Å². The van der Waals surface area contributed by atoms with Crippen LogP contribution in [0.2, 0.25) is 0 Å². The van der Waals surface area contributed by atoms with Crippen molar-refractivity contribution < 1.29 is 28.5 Å². The highest BCUT2D eigenvalue weighted by Crippen LogP contribution is 2.13. The number of carbonyl (C=O) groups is 2. The summed E-state index contributed by atoms with van der Waals surface area (Å²) >= 11 is 0. The lowest BCUT2D eigenvalue weighted by molar-refractivity contribution is -0.148. The van der Waals surface area contributed by atoms with Crippen LogP contribution in [-0.4, -0.2) is 44.2 Å². The lowest BCUT2D eigenvalue weighted by atomic mass is 10.2. The van der Waals surface area contributed by atoms with Crippen LogP contribution in [0.5, 0.6) is 0 Å². The molecule has 1 heterocycles. The van der Waals surface area contributed by atoms with Crippen molar-refractivity contribution in [2.24, 2.45) is 0 Å². The van der Waals surface area contributed by atoms with Gasteiger partial charge in [-0.05, 0) is 0 Å². The third-order valence-corrected chi connectivity index (χ3v) is 1.88. The second-order valence-electron chi connectivity index (χ2n) is 3.13. The number of rotatable bonds is 4. The molecule has 0 radical (unpaired) electrons. The minimum Gasteiger partial charge on any atom is -0.463 e. The Bertz CT molecular complexity index is 215. The topological polar surface area (TPSA) is 71.1 Å². The lowest BCUT2D eigenvalue weighted by Gasteiger charge is -2.15. The average molecular weight is 218 g/mol. The van der Waals surface area contributed by atoms with Crippen molar-refractivity contribution in [2.45, 2.75) is 26.1 Å². The molecule has 0 aliphatic carbocycles. The van der Waals surface area contributed by atoms with E-state index >= 15 is 0 Å². The fraction of sp³-hybridized carbons (Fsp3) is 0.778. The van der Waals surface area contributed by atoms with Gasteiger partial charge in [0.05, 0.1) is 0 Å².